The van der Waals surface area contributed by atoms with Crippen LogP contribution in [0.4, 0.5) is 0 Å². The van der Waals surface area contributed by atoms with Crippen LogP contribution in [-0.2, 0) is 9.53 Å². The highest BCUT2D eigenvalue weighted by atomic mass is 16.5. The van der Waals surface area contributed by atoms with Gasteiger partial charge < -0.3 is 10.5 Å². The first-order valence-corrected chi connectivity index (χ1v) is 3.75. The van der Waals surface area contributed by atoms with Crippen LogP contribution in [0.3, 0.4) is 0 Å². The molecule has 3 nitrogen and oxygen atoms in total. The highest BCUT2D eigenvalue weighted by Crippen LogP contribution is 2.03. The smallest absolute Gasteiger partial charge is 0.335 e. The summed E-state index contributed by atoms with van der Waals surface area (Å²) >= 11 is 0. The van der Waals surface area contributed by atoms with Gasteiger partial charge in [0, 0.05) is 5.70 Å². The molecule has 0 aliphatic heterocycles. The van der Waals surface area contributed by atoms with E-state index in [0.717, 1.165) is 0 Å². The first-order valence-electron chi connectivity index (χ1n) is 3.75. The van der Waals surface area contributed by atoms with Crippen LogP contribution in [0.5, 0.6) is 0 Å². The van der Waals surface area contributed by atoms with Crippen molar-refractivity contribution in [2.24, 2.45) is 5.73 Å². The van der Waals surface area contributed by atoms with Gasteiger partial charge in [0.1, 0.15) is 0 Å². The van der Waals surface area contributed by atoms with Gasteiger partial charge in [0.25, 0.3) is 0 Å². The fraction of sp³-hybridized carbons (Fsp3) is 0.625. The Morgan fingerprint density at radius 1 is 1.45 bits per heavy atom. The molecule has 0 aliphatic carbocycles. The van der Waals surface area contributed by atoms with Gasteiger partial charge in [-0.15, -0.1) is 0 Å². The second kappa shape index (κ2) is 4.77. The summed E-state index contributed by atoms with van der Waals surface area (Å²) in [6, 6.07) is 0. The van der Waals surface area contributed by atoms with Gasteiger partial charge in [0.15, 0.2) is 0 Å². The molecular weight excluding hydrogens is 142 g/mol. The molecular formula is C8H15NO2. The number of nitrogens with two attached hydrogens (primary N) is 1. The predicted octanol–water partition coefficient (Wildman–Crippen LogP) is 1.19. The van der Waals surface area contributed by atoms with E-state index in [1.807, 2.05) is 6.92 Å². The third-order valence-corrected chi connectivity index (χ3v) is 1.44. The van der Waals surface area contributed by atoms with Crippen molar-refractivity contribution in [3.8, 4) is 0 Å². The quantitative estimate of drug-likeness (QED) is 0.494. The zero-order valence-corrected chi connectivity index (χ0v) is 7.31. The molecule has 0 amide bonds. The minimum atomic E-state index is -0.313. The van der Waals surface area contributed by atoms with Crippen molar-refractivity contribution in [2.75, 3.05) is 6.61 Å². The van der Waals surface area contributed by atoms with Crippen molar-refractivity contribution in [3.05, 3.63) is 11.3 Å². The molecule has 0 aromatic rings. The van der Waals surface area contributed by atoms with Gasteiger partial charge in [0.05, 0.1) is 12.2 Å². The van der Waals surface area contributed by atoms with E-state index in [2.05, 4.69) is 0 Å². The molecule has 0 atom stereocenters. The molecule has 0 saturated carbocycles. The van der Waals surface area contributed by atoms with Crippen molar-refractivity contribution in [2.45, 2.75) is 27.2 Å². The van der Waals surface area contributed by atoms with E-state index in [4.69, 9.17) is 10.5 Å². The fourth-order valence-corrected chi connectivity index (χ4v) is 0.636. The minimum absolute atomic E-state index is 0.313. The summed E-state index contributed by atoms with van der Waals surface area (Å²) in [7, 11) is 0. The van der Waals surface area contributed by atoms with E-state index in [0.29, 0.717) is 24.3 Å². The minimum Gasteiger partial charge on any atom is -0.463 e. The zero-order valence-electron chi connectivity index (χ0n) is 7.31. The molecule has 0 unspecified atom stereocenters. The lowest BCUT2D eigenvalue weighted by Gasteiger charge is -2.04. The van der Waals surface area contributed by atoms with Crippen LogP contribution in [0.15, 0.2) is 11.3 Å². The van der Waals surface area contributed by atoms with Crippen LogP contribution in [0.25, 0.3) is 0 Å². The monoisotopic (exact) mass is 157 g/mol. The molecule has 0 rings (SSSR count). The number of ether oxygens (including phenoxy) is 1. The highest BCUT2D eigenvalue weighted by molar-refractivity contribution is 5.88. The Morgan fingerprint density at radius 3 is 2.36 bits per heavy atom. The lowest BCUT2D eigenvalue weighted by molar-refractivity contribution is -0.138. The lowest BCUT2D eigenvalue weighted by Crippen LogP contribution is -2.11. The van der Waals surface area contributed by atoms with Gasteiger partial charge in [-0.3, -0.25) is 0 Å². The lowest BCUT2D eigenvalue weighted by atomic mass is 10.2. The Kier molecular flexibility index (Phi) is 4.34. The number of esters is 1. The second-order valence-corrected chi connectivity index (χ2v) is 2.22. The van der Waals surface area contributed by atoms with Crippen molar-refractivity contribution >= 4 is 5.97 Å². The third-order valence-electron chi connectivity index (χ3n) is 1.44. The number of carbonyl (C=O) groups is 1. The molecule has 0 heterocycles. The van der Waals surface area contributed by atoms with Crippen LogP contribution in [0, 0.1) is 0 Å². The Morgan fingerprint density at radius 2 is 2.00 bits per heavy atom. The highest BCUT2D eigenvalue weighted by Gasteiger charge is 2.06. The fourth-order valence-electron chi connectivity index (χ4n) is 0.636. The molecule has 0 aromatic carbocycles. The van der Waals surface area contributed by atoms with E-state index in [9.17, 15) is 4.79 Å². The average molecular weight is 157 g/mol. The van der Waals surface area contributed by atoms with Crippen molar-refractivity contribution in [3.63, 3.8) is 0 Å². The van der Waals surface area contributed by atoms with E-state index in [-0.39, 0.29) is 5.97 Å². The van der Waals surface area contributed by atoms with Gasteiger partial charge in [-0.2, -0.15) is 0 Å². The van der Waals surface area contributed by atoms with Gasteiger partial charge in [-0.25, -0.2) is 4.79 Å². The largest absolute Gasteiger partial charge is 0.463 e. The maximum atomic E-state index is 11.0. The molecule has 0 bridgehead atoms. The summed E-state index contributed by atoms with van der Waals surface area (Å²) in [5.41, 5.74) is 6.65. The Hall–Kier alpha value is -0.990. The molecule has 0 spiro atoms. The predicted molar refractivity (Wildman–Crippen MR) is 43.8 cm³/mol. The van der Waals surface area contributed by atoms with E-state index >= 15 is 0 Å². The molecule has 11 heavy (non-hydrogen) atoms. The molecule has 0 aromatic heterocycles. The summed E-state index contributed by atoms with van der Waals surface area (Å²) in [6.45, 7) is 5.75. The van der Waals surface area contributed by atoms with Crippen LogP contribution >= 0.6 is 0 Å². The SMILES string of the molecule is CCOC(=O)/C(C)=C(\N)CC. The van der Waals surface area contributed by atoms with E-state index in [1.54, 1.807) is 13.8 Å². The van der Waals surface area contributed by atoms with Crippen LogP contribution in [0.1, 0.15) is 27.2 Å². The maximum Gasteiger partial charge on any atom is 0.335 e. The number of allylic oxidation sites excluding steroid dienone is 1. The molecule has 0 fully saturated rings. The molecule has 0 aliphatic rings. The second-order valence-electron chi connectivity index (χ2n) is 2.22. The molecule has 0 radical (unpaired) electrons. The van der Waals surface area contributed by atoms with Crippen molar-refractivity contribution < 1.29 is 9.53 Å². The van der Waals surface area contributed by atoms with E-state index in [1.165, 1.54) is 0 Å². The van der Waals surface area contributed by atoms with Crippen LogP contribution in [-0.4, -0.2) is 12.6 Å². The maximum absolute atomic E-state index is 11.0. The van der Waals surface area contributed by atoms with E-state index < -0.39 is 0 Å². The summed E-state index contributed by atoms with van der Waals surface area (Å²) in [6.07, 6.45) is 0.685. The summed E-state index contributed by atoms with van der Waals surface area (Å²) < 4.78 is 4.75. The van der Waals surface area contributed by atoms with Crippen molar-refractivity contribution in [1.82, 2.24) is 0 Å². The van der Waals surface area contributed by atoms with Crippen LogP contribution < -0.4 is 5.73 Å². The van der Waals surface area contributed by atoms with Crippen LogP contribution in [0.2, 0.25) is 0 Å². The van der Waals surface area contributed by atoms with Gasteiger partial charge >= 0.3 is 5.97 Å². The normalized spacial score (nSPS) is 12.3. The number of rotatable bonds is 3. The van der Waals surface area contributed by atoms with Gasteiger partial charge in [0.2, 0.25) is 0 Å². The Balaban J connectivity index is 4.22. The standard InChI is InChI=1S/C8H15NO2/c1-4-7(9)6(3)8(10)11-5-2/h4-5,9H2,1-3H3/b7-6-. The molecule has 0 saturated heterocycles. The summed E-state index contributed by atoms with van der Waals surface area (Å²) in [5.74, 6) is -0.313. The number of carbonyl (C=O) groups excluding carboxylic acids is 1. The summed E-state index contributed by atoms with van der Waals surface area (Å²) in [5, 5.41) is 0. The van der Waals surface area contributed by atoms with Gasteiger partial charge in [-0.1, -0.05) is 6.92 Å². The Bertz CT molecular complexity index is 173. The van der Waals surface area contributed by atoms with Gasteiger partial charge in [-0.05, 0) is 20.3 Å². The number of hydrogen-bond donors (Lipinski definition) is 1. The molecule has 64 valence electrons. The summed E-state index contributed by atoms with van der Waals surface area (Å²) in [4.78, 5) is 11.0. The average Bonchev–Trinajstić information content (AvgIpc) is 2.02. The first-order chi connectivity index (χ1) is 5.13. The Labute approximate surface area is 67.2 Å². The first kappa shape index (κ1) is 10.0. The topological polar surface area (TPSA) is 52.3 Å². The van der Waals surface area contributed by atoms with Crippen molar-refractivity contribution in [1.29, 1.82) is 0 Å². The zero-order chi connectivity index (χ0) is 8.85. The number of hydrogen-bond acceptors (Lipinski definition) is 3. The molecule has 2 N–H and O–H groups in total. The molecule has 3 heteroatoms. The third kappa shape index (κ3) is 3.07.